The number of nitriles is 1. The summed E-state index contributed by atoms with van der Waals surface area (Å²) in [6.07, 6.45) is 8.88. The van der Waals surface area contributed by atoms with Crippen LogP contribution in [0.4, 0.5) is 0 Å². The Kier molecular flexibility index (Phi) is 4.14. The molecule has 0 unspecified atom stereocenters. The van der Waals surface area contributed by atoms with E-state index in [1.54, 1.807) is 0 Å². The molecule has 0 spiro atoms. The SMILES string of the molecule is CCC1CCCC(C#N)CCC1. The largest absolute Gasteiger partial charge is 0.198 e. The molecule has 1 fully saturated rings. The molecule has 1 nitrogen and oxygen atoms in total. The molecule has 0 aliphatic heterocycles. The van der Waals surface area contributed by atoms with Gasteiger partial charge >= 0.3 is 0 Å². The Morgan fingerprint density at radius 1 is 1.17 bits per heavy atom. The van der Waals surface area contributed by atoms with Crippen LogP contribution in [-0.2, 0) is 0 Å². The van der Waals surface area contributed by atoms with Gasteiger partial charge in [0.1, 0.15) is 0 Å². The van der Waals surface area contributed by atoms with Crippen molar-refractivity contribution in [3.63, 3.8) is 0 Å². The first-order valence-electron chi connectivity index (χ1n) is 5.26. The van der Waals surface area contributed by atoms with E-state index in [0.717, 1.165) is 18.8 Å². The Bertz CT molecular complexity index is 147. The minimum atomic E-state index is 0.364. The first-order valence-corrected chi connectivity index (χ1v) is 5.26. The smallest absolute Gasteiger partial charge is 0.0655 e. The van der Waals surface area contributed by atoms with Crippen LogP contribution in [0.1, 0.15) is 51.9 Å². The van der Waals surface area contributed by atoms with Crippen molar-refractivity contribution < 1.29 is 0 Å². The third-order valence-corrected chi connectivity index (χ3v) is 3.09. The van der Waals surface area contributed by atoms with E-state index < -0.39 is 0 Å². The quantitative estimate of drug-likeness (QED) is 0.583. The van der Waals surface area contributed by atoms with Crippen LogP contribution in [0.15, 0.2) is 0 Å². The van der Waals surface area contributed by atoms with Crippen LogP contribution in [0.3, 0.4) is 0 Å². The van der Waals surface area contributed by atoms with E-state index in [1.807, 2.05) is 0 Å². The monoisotopic (exact) mass is 165 g/mol. The molecule has 0 bridgehead atoms. The third kappa shape index (κ3) is 2.85. The maximum atomic E-state index is 8.78. The van der Waals surface area contributed by atoms with Gasteiger partial charge in [0.25, 0.3) is 0 Å². The highest BCUT2D eigenvalue weighted by Crippen LogP contribution is 2.27. The fourth-order valence-corrected chi connectivity index (χ4v) is 2.13. The summed E-state index contributed by atoms with van der Waals surface area (Å²) in [4.78, 5) is 0. The maximum absolute atomic E-state index is 8.78. The zero-order chi connectivity index (χ0) is 8.81. The fraction of sp³-hybridized carbons (Fsp3) is 0.909. The molecule has 0 N–H and O–H groups in total. The highest BCUT2D eigenvalue weighted by atomic mass is 14.3. The van der Waals surface area contributed by atoms with Gasteiger partial charge in [-0.25, -0.2) is 0 Å². The summed E-state index contributed by atoms with van der Waals surface area (Å²) in [6, 6.07) is 2.40. The van der Waals surface area contributed by atoms with Crippen molar-refractivity contribution in [3.05, 3.63) is 0 Å². The Morgan fingerprint density at radius 2 is 1.75 bits per heavy atom. The van der Waals surface area contributed by atoms with E-state index in [1.165, 1.54) is 32.1 Å². The second-order valence-electron chi connectivity index (χ2n) is 3.96. The van der Waals surface area contributed by atoms with Crippen LogP contribution in [0.2, 0.25) is 0 Å². The lowest BCUT2D eigenvalue weighted by molar-refractivity contribution is 0.343. The molecule has 12 heavy (non-hydrogen) atoms. The molecule has 0 aromatic rings. The molecular weight excluding hydrogens is 146 g/mol. The zero-order valence-corrected chi connectivity index (χ0v) is 8.05. The second-order valence-corrected chi connectivity index (χ2v) is 3.96. The van der Waals surface area contributed by atoms with Crippen LogP contribution < -0.4 is 0 Å². The van der Waals surface area contributed by atoms with E-state index in [9.17, 15) is 0 Å². The van der Waals surface area contributed by atoms with Crippen molar-refractivity contribution in [2.75, 3.05) is 0 Å². The average molecular weight is 165 g/mol. The van der Waals surface area contributed by atoms with Crippen LogP contribution in [0, 0.1) is 23.2 Å². The van der Waals surface area contributed by atoms with Gasteiger partial charge in [0.05, 0.1) is 6.07 Å². The predicted octanol–water partition coefficient (Wildman–Crippen LogP) is 3.51. The normalized spacial score (nSPS) is 31.7. The van der Waals surface area contributed by atoms with Gasteiger partial charge < -0.3 is 0 Å². The summed E-state index contributed by atoms with van der Waals surface area (Å²) in [6.45, 7) is 2.29. The molecule has 1 aliphatic rings. The summed E-state index contributed by atoms with van der Waals surface area (Å²) in [5.74, 6) is 1.31. The van der Waals surface area contributed by atoms with Gasteiger partial charge in [-0.05, 0) is 18.8 Å². The van der Waals surface area contributed by atoms with Crippen molar-refractivity contribution >= 4 is 0 Å². The van der Waals surface area contributed by atoms with Gasteiger partial charge in [-0.3, -0.25) is 0 Å². The lowest BCUT2D eigenvalue weighted by Gasteiger charge is -2.19. The molecule has 1 rings (SSSR count). The van der Waals surface area contributed by atoms with E-state index in [0.29, 0.717) is 5.92 Å². The van der Waals surface area contributed by atoms with Crippen LogP contribution in [-0.4, -0.2) is 0 Å². The number of rotatable bonds is 1. The molecule has 0 heterocycles. The van der Waals surface area contributed by atoms with Gasteiger partial charge in [0, 0.05) is 5.92 Å². The minimum absolute atomic E-state index is 0.364. The summed E-state index contributed by atoms with van der Waals surface area (Å²) in [5, 5.41) is 8.78. The molecule has 1 saturated carbocycles. The van der Waals surface area contributed by atoms with Gasteiger partial charge in [0.2, 0.25) is 0 Å². The van der Waals surface area contributed by atoms with E-state index in [2.05, 4.69) is 13.0 Å². The average Bonchev–Trinajstić information content (AvgIpc) is 2.05. The molecule has 0 radical (unpaired) electrons. The molecule has 0 aromatic carbocycles. The second kappa shape index (κ2) is 5.19. The molecule has 0 amide bonds. The first-order chi connectivity index (χ1) is 5.86. The standard InChI is InChI=1S/C11H19N/c1-2-10-5-3-7-11(9-12)8-4-6-10/h10-11H,2-8H2,1H3. The Hall–Kier alpha value is -0.510. The van der Waals surface area contributed by atoms with E-state index >= 15 is 0 Å². The fourth-order valence-electron chi connectivity index (χ4n) is 2.13. The Balaban J connectivity index is 2.30. The van der Waals surface area contributed by atoms with Crippen molar-refractivity contribution in [3.8, 4) is 6.07 Å². The van der Waals surface area contributed by atoms with Crippen molar-refractivity contribution in [1.29, 1.82) is 5.26 Å². The number of nitrogens with zero attached hydrogens (tertiary/aromatic N) is 1. The molecule has 68 valence electrons. The van der Waals surface area contributed by atoms with E-state index in [4.69, 9.17) is 5.26 Å². The van der Waals surface area contributed by atoms with Crippen LogP contribution in [0.5, 0.6) is 0 Å². The number of hydrogen-bond acceptors (Lipinski definition) is 1. The maximum Gasteiger partial charge on any atom is 0.0655 e. The highest BCUT2D eigenvalue weighted by Gasteiger charge is 2.14. The minimum Gasteiger partial charge on any atom is -0.198 e. The van der Waals surface area contributed by atoms with Gasteiger partial charge in [-0.1, -0.05) is 39.0 Å². The van der Waals surface area contributed by atoms with Crippen LogP contribution >= 0.6 is 0 Å². The summed E-state index contributed by atoms with van der Waals surface area (Å²) in [7, 11) is 0. The summed E-state index contributed by atoms with van der Waals surface area (Å²) < 4.78 is 0. The van der Waals surface area contributed by atoms with Gasteiger partial charge in [-0.15, -0.1) is 0 Å². The topological polar surface area (TPSA) is 23.8 Å². The summed E-state index contributed by atoms with van der Waals surface area (Å²) in [5.41, 5.74) is 0. The highest BCUT2D eigenvalue weighted by molar-refractivity contribution is 4.83. The number of hydrogen-bond donors (Lipinski definition) is 0. The molecule has 1 heteroatoms. The predicted molar refractivity (Wildman–Crippen MR) is 50.6 cm³/mol. The van der Waals surface area contributed by atoms with Crippen LogP contribution in [0.25, 0.3) is 0 Å². The Morgan fingerprint density at radius 3 is 2.17 bits per heavy atom. The van der Waals surface area contributed by atoms with Crippen molar-refractivity contribution in [2.45, 2.75) is 51.9 Å². The Labute approximate surface area is 75.8 Å². The van der Waals surface area contributed by atoms with Gasteiger partial charge in [0.15, 0.2) is 0 Å². The van der Waals surface area contributed by atoms with Gasteiger partial charge in [-0.2, -0.15) is 5.26 Å². The summed E-state index contributed by atoms with van der Waals surface area (Å²) >= 11 is 0. The zero-order valence-electron chi connectivity index (χ0n) is 8.05. The molecule has 1 aliphatic carbocycles. The lowest BCUT2D eigenvalue weighted by Crippen LogP contribution is -2.07. The molecular formula is C11H19N. The molecule has 0 saturated heterocycles. The first kappa shape index (κ1) is 9.58. The van der Waals surface area contributed by atoms with E-state index in [-0.39, 0.29) is 0 Å². The third-order valence-electron chi connectivity index (χ3n) is 3.09. The van der Waals surface area contributed by atoms with Crippen molar-refractivity contribution in [1.82, 2.24) is 0 Å². The molecule has 0 atom stereocenters. The molecule has 0 aromatic heterocycles. The lowest BCUT2D eigenvalue weighted by atomic mass is 9.85. The van der Waals surface area contributed by atoms with Crippen molar-refractivity contribution in [2.24, 2.45) is 11.8 Å².